The van der Waals surface area contributed by atoms with E-state index < -0.39 is 0 Å². The second-order valence-corrected chi connectivity index (χ2v) is 6.46. The zero-order valence-electron chi connectivity index (χ0n) is 13.9. The van der Waals surface area contributed by atoms with Gasteiger partial charge in [-0.25, -0.2) is 4.98 Å². The summed E-state index contributed by atoms with van der Waals surface area (Å²) in [6.07, 6.45) is 5.29. The lowest BCUT2D eigenvalue weighted by Crippen LogP contribution is -1.96. The smallest absolute Gasteiger partial charge is 0.120 e. The summed E-state index contributed by atoms with van der Waals surface area (Å²) >= 11 is 1.63. The largest absolute Gasteiger partial charge is 0.497 e. The Labute approximate surface area is 151 Å². The number of ether oxygens (including phenoxy) is 2. The van der Waals surface area contributed by atoms with E-state index in [1.54, 1.807) is 18.4 Å². The van der Waals surface area contributed by atoms with Gasteiger partial charge in [0.25, 0.3) is 0 Å². The van der Waals surface area contributed by atoms with Gasteiger partial charge in [-0.15, -0.1) is 11.3 Å². The minimum absolute atomic E-state index is 0.516. The van der Waals surface area contributed by atoms with Crippen LogP contribution in [0.1, 0.15) is 23.4 Å². The van der Waals surface area contributed by atoms with Crippen LogP contribution in [0.15, 0.2) is 42.5 Å². The first-order valence-corrected chi connectivity index (χ1v) is 8.82. The van der Waals surface area contributed by atoms with Gasteiger partial charge < -0.3 is 9.47 Å². The summed E-state index contributed by atoms with van der Waals surface area (Å²) in [5, 5.41) is 9.49. The molecule has 0 N–H and O–H groups in total. The zero-order chi connectivity index (χ0) is 17.5. The Kier molecular flexibility index (Phi) is 5.65. The first-order chi connectivity index (χ1) is 12.3. The Morgan fingerprint density at radius 2 is 2.08 bits per heavy atom. The SMILES string of the molecule is COc1ccc2nc(/C=C/c3cccc(OCCCC#N)c3)sc2c1. The van der Waals surface area contributed by atoms with E-state index >= 15 is 0 Å². The van der Waals surface area contributed by atoms with Gasteiger partial charge in [0.05, 0.1) is 30.0 Å². The highest BCUT2D eigenvalue weighted by Gasteiger charge is 2.03. The highest BCUT2D eigenvalue weighted by molar-refractivity contribution is 7.19. The maximum absolute atomic E-state index is 8.54. The van der Waals surface area contributed by atoms with Crippen LogP contribution in [0.5, 0.6) is 11.5 Å². The fraction of sp³-hybridized carbons (Fsp3) is 0.200. The van der Waals surface area contributed by atoms with Crippen molar-refractivity contribution in [2.75, 3.05) is 13.7 Å². The molecule has 0 saturated carbocycles. The van der Waals surface area contributed by atoms with Crippen LogP contribution in [0.25, 0.3) is 22.4 Å². The lowest BCUT2D eigenvalue weighted by molar-refractivity contribution is 0.312. The number of aromatic nitrogens is 1. The number of hydrogen-bond acceptors (Lipinski definition) is 5. The average Bonchev–Trinajstić information content (AvgIpc) is 3.06. The Hall–Kier alpha value is -2.84. The fourth-order valence-electron chi connectivity index (χ4n) is 2.34. The van der Waals surface area contributed by atoms with Crippen LogP contribution in [0.4, 0.5) is 0 Å². The van der Waals surface area contributed by atoms with Gasteiger partial charge in [-0.1, -0.05) is 18.2 Å². The number of thiazole rings is 1. The molecule has 0 fully saturated rings. The van der Waals surface area contributed by atoms with Crippen molar-refractivity contribution in [1.82, 2.24) is 4.98 Å². The van der Waals surface area contributed by atoms with Crippen molar-refractivity contribution in [1.29, 1.82) is 5.26 Å². The van der Waals surface area contributed by atoms with Crippen LogP contribution in [-0.4, -0.2) is 18.7 Å². The van der Waals surface area contributed by atoms with Crippen molar-refractivity contribution in [3.8, 4) is 17.6 Å². The van der Waals surface area contributed by atoms with E-state index in [4.69, 9.17) is 14.7 Å². The predicted octanol–water partition coefficient (Wildman–Crippen LogP) is 5.16. The minimum atomic E-state index is 0.516. The molecule has 126 valence electrons. The molecule has 0 aliphatic heterocycles. The second kappa shape index (κ2) is 8.32. The van der Waals surface area contributed by atoms with E-state index in [2.05, 4.69) is 11.1 Å². The van der Waals surface area contributed by atoms with Crippen molar-refractivity contribution in [2.45, 2.75) is 12.8 Å². The van der Waals surface area contributed by atoms with E-state index in [9.17, 15) is 0 Å². The molecule has 0 aliphatic rings. The normalized spacial score (nSPS) is 10.9. The third-order valence-corrected chi connectivity index (χ3v) is 4.57. The van der Waals surface area contributed by atoms with Crippen LogP contribution >= 0.6 is 11.3 Å². The monoisotopic (exact) mass is 350 g/mol. The summed E-state index contributed by atoms with van der Waals surface area (Å²) < 4.78 is 12.0. The lowest BCUT2D eigenvalue weighted by Gasteiger charge is -2.05. The molecule has 0 unspecified atom stereocenters. The molecule has 3 rings (SSSR count). The second-order valence-electron chi connectivity index (χ2n) is 5.40. The highest BCUT2D eigenvalue weighted by atomic mass is 32.1. The molecular weight excluding hydrogens is 332 g/mol. The van der Waals surface area contributed by atoms with Gasteiger partial charge in [-0.2, -0.15) is 5.26 Å². The van der Waals surface area contributed by atoms with E-state index in [0.29, 0.717) is 13.0 Å². The number of nitriles is 1. The third kappa shape index (κ3) is 4.59. The molecule has 0 atom stereocenters. The van der Waals surface area contributed by atoms with Crippen molar-refractivity contribution >= 4 is 33.7 Å². The van der Waals surface area contributed by atoms with Crippen LogP contribution in [0, 0.1) is 11.3 Å². The van der Waals surface area contributed by atoms with Gasteiger partial charge >= 0.3 is 0 Å². The van der Waals surface area contributed by atoms with E-state index in [0.717, 1.165) is 38.7 Å². The number of fused-ring (bicyclic) bond motifs is 1. The summed E-state index contributed by atoms with van der Waals surface area (Å²) in [6, 6.07) is 15.9. The van der Waals surface area contributed by atoms with Crippen LogP contribution in [0.2, 0.25) is 0 Å². The van der Waals surface area contributed by atoms with Gasteiger partial charge in [0, 0.05) is 6.42 Å². The molecule has 0 saturated heterocycles. The molecule has 3 aromatic rings. The molecule has 0 spiro atoms. The zero-order valence-corrected chi connectivity index (χ0v) is 14.8. The van der Waals surface area contributed by atoms with Crippen LogP contribution < -0.4 is 9.47 Å². The van der Waals surface area contributed by atoms with Gasteiger partial charge in [0.15, 0.2) is 0 Å². The number of nitrogens with zero attached hydrogens (tertiary/aromatic N) is 2. The maximum atomic E-state index is 8.54. The van der Waals surface area contributed by atoms with Crippen molar-refractivity contribution in [3.05, 3.63) is 53.0 Å². The van der Waals surface area contributed by atoms with Crippen molar-refractivity contribution < 1.29 is 9.47 Å². The average molecular weight is 350 g/mol. The Balaban J connectivity index is 1.70. The Morgan fingerprint density at radius 3 is 2.92 bits per heavy atom. The van der Waals surface area contributed by atoms with E-state index in [-0.39, 0.29) is 0 Å². The van der Waals surface area contributed by atoms with Crippen molar-refractivity contribution in [3.63, 3.8) is 0 Å². The molecule has 0 bridgehead atoms. The number of hydrogen-bond donors (Lipinski definition) is 0. The lowest BCUT2D eigenvalue weighted by atomic mass is 10.2. The molecule has 4 nitrogen and oxygen atoms in total. The van der Waals surface area contributed by atoms with Gasteiger partial charge in [0.2, 0.25) is 0 Å². The first-order valence-electron chi connectivity index (χ1n) is 8.01. The summed E-state index contributed by atoms with van der Waals surface area (Å²) in [5.74, 6) is 1.65. The number of benzene rings is 2. The molecule has 1 heterocycles. The van der Waals surface area contributed by atoms with Gasteiger partial charge in [-0.05, 0) is 48.4 Å². The Bertz CT molecular complexity index is 925. The van der Waals surface area contributed by atoms with Gasteiger partial charge in [-0.3, -0.25) is 0 Å². The number of methoxy groups -OCH3 is 1. The van der Waals surface area contributed by atoms with E-state index in [1.165, 1.54) is 0 Å². The topological polar surface area (TPSA) is 55.1 Å². The van der Waals surface area contributed by atoms with Crippen molar-refractivity contribution in [2.24, 2.45) is 0 Å². The van der Waals surface area contributed by atoms with E-state index in [1.807, 2.05) is 54.6 Å². The molecular formula is C20H18N2O2S. The van der Waals surface area contributed by atoms with Crippen LogP contribution in [-0.2, 0) is 0 Å². The molecule has 2 aromatic carbocycles. The summed E-state index contributed by atoms with van der Waals surface area (Å²) in [7, 11) is 1.67. The van der Waals surface area contributed by atoms with Gasteiger partial charge in [0.1, 0.15) is 16.5 Å². The quantitative estimate of drug-likeness (QED) is 0.552. The number of rotatable bonds is 7. The molecule has 1 aromatic heterocycles. The molecule has 0 amide bonds. The molecule has 0 aliphatic carbocycles. The summed E-state index contributed by atoms with van der Waals surface area (Å²) in [6.45, 7) is 0.556. The number of unbranched alkanes of at least 4 members (excludes halogenated alkanes) is 1. The molecule has 0 radical (unpaired) electrons. The predicted molar refractivity (Wildman–Crippen MR) is 102 cm³/mol. The standard InChI is InChI=1S/C20H18N2O2S/c1-23-16-8-9-18-19(14-16)25-20(22-18)10-7-15-5-4-6-17(13-15)24-12-3-2-11-21/h4-10,13-14H,2-3,12H2,1H3/b10-7+. The summed E-state index contributed by atoms with van der Waals surface area (Å²) in [5.41, 5.74) is 2.02. The fourth-order valence-corrected chi connectivity index (χ4v) is 3.24. The molecule has 5 heteroatoms. The van der Waals surface area contributed by atoms with Crippen LogP contribution in [0.3, 0.4) is 0 Å². The Morgan fingerprint density at radius 1 is 1.16 bits per heavy atom. The minimum Gasteiger partial charge on any atom is -0.497 e. The third-order valence-electron chi connectivity index (χ3n) is 3.59. The molecule has 25 heavy (non-hydrogen) atoms. The maximum Gasteiger partial charge on any atom is 0.120 e. The summed E-state index contributed by atoms with van der Waals surface area (Å²) in [4.78, 5) is 4.61. The highest BCUT2D eigenvalue weighted by Crippen LogP contribution is 2.27. The first kappa shape index (κ1) is 17.0.